The Morgan fingerprint density at radius 1 is 0.586 bits per heavy atom. The highest BCUT2D eigenvalue weighted by atomic mass is 32.2. The molecule has 0 spiro atoms. The highest BCUT2D eigenvalue weighted by Crippen LogP contribution is 2.29. The van der Waals surface area contributed by atoms with Crippen molar-refractivity contribution in [1.82, 2.24) is 75.8 Å². The first-order valence-electron chi connectivity index (χ1n) is 40.0. The third-order valence-electron chi connectivity index (χ3n) is 20.9. The predicted molar refractivity (Wildman–Crippen MR) is 438 cm³/mol. The van der Waals surface area contributed by atoms with Gasteiger partial charge in [-0.15, -0.1) is 0 Å². The number of carbonyl (C=O) groups is 15. The molecule has 652 valence electrons. The van der Waals surface area contributed by atoms with Gasteiger partial charge in [-0.25, -0.2) is 22.7 Å². The Bertz CT molecular complexity index is 3780. The molecule has 34 nitrogen and oxygen atoms in total. The number of likely N-dealkylation sites (N-methyl/N-ethyl adjacent to an activating group) is 7. The molecule has 116 heavy (non-hydrogen) atoms. The van der Waals surface area contributed by atoms with E-state index >= 15 is 28.8 Å². The molecule has 15 amide bonds. The molecule has 1 aromatic rings. The van der Waals surface area contributed by atoms with E-state index in [1.807, 2.05) is 55.4 Å². The van der Waals surface area contributed by atoms with Crippen molar-refractivity contribution in [2.24, 2.45) is 47.2 Å². The SMILES string of the molecule is C=C/C=C/[C@@H](C)[C@@H](OC(=O)C1C[C@@H](NC(=O)[C@H](Cc2ccccc2)NS(C)(=O)=O)CN1C(=O)[C@@H](C)NC(N)=O)[C@H]1C(=O)N[C@@H](CC)C(=O)N(C)CC(=O)N(C)[C@@H](CC(C)C)C(=O)N[C@@H](C(C)C)C(=O)N(C)[C@@H](CC(C)C)C(=O)N[C@@H](C)C(=O)N[C@H](C)C(=O)N(C)[C@@H](CC(C)C)C(=O)N(C)[C@@H](CC(C)C)C(=O)N(C)[C@@H](C(C)C)C(=O)N1C. The van der Waals surface area contributed by atoms with Crippen molar-refractivity contribution in [3.05, 3.63) is 60.7 Å². The van der Waals surface area contributed by atoms with Crippen LogP contribution in [-0.4, -0.2) is 296 Å². The summed E-state index contributed by atoms with van der Waals surface area (Å²) in [4.78, 5) is 232. The first-order valence-corrected chi connectivity index (χ1v) is 41.9. The molecule has 2 aliphatic heterocycles. The standard InChI is InChI=1S/C81H134N16O18S/c1-27-29-33-50(15)67(115-80(111)62-41-55(42-97(62)74(105)53(18)85-81(82)112)86-69(100)57(89-116(26,113)114)40-54-34-31-30-32-35-54)66-72(103)87-56(28-2)75(106)90(19)43-63(98)91(20)58(36-44(3)4)71(102)88-64(48(11)12)78(109)92(21)59(37-45(5)6)70(101)83-51(16)68(99)84-52(17)73(104)93(22)60(38-46(7)8)76(107)94(23)61(39-47(9)10)77(108)95(24)65(49(13)14)79(110)96(66)25/h27,29-35,44-53,55-62,64-67,89H,1,28,36-43H2,2-26H3,(H,83,101)(H,84,99)(H,86,100)(H,87,103)(H,88,102)(H3,82,85,112)/b33-29+/t50-,51+,52-,53-,55-,56+,57+,58+,59+,60+,61+,62?,64+,65+,66+,67-/m1/s1. The second kappa shape index (κ2) is 45.3. The minimum Gasteiger partial charge on any atom is -0.457 e. The lowest BCUT2D eigenvalue weighted by Gasteiger charge is -2.42. The maximum atomic E-state index is 16.1. The van der Waals surface area contributed by atoms with E-state index in [1.54, 1.807) is 65.0 Å². The van der Waals surface area contributed by atoms with Gasteiger partial charge in [0, 0.05) is 74.3 Å². The van der Waals surface area contributed by atoms with E-state index in [0.717, 1.165) is 30.8 Å². The number of urea groups is 1. The van der Waals surface area contributed by atoms with Crippen LogP contribution in [0.25, 0.3) is 0 Å². The Morgan fingerprint density at radius 2 is 1.07 bits per heavy atom. The zero-order valence-corrected chi connectivity index (χ0v) is 73.6. The average molecular weight is 1650 g/mol. The number of amides is 15. The van der Waals surface area contributed by atoms with Crippen molar-refractivity contribution >= 4 is 98.8 Å². The summed E-state index contributed by atoms with van der Waals surface area (Å²) >= 11 is 0. The molecule has 0 bridgehead atoms. The van der Waals surface area contributed by atoms with Crippen LogP contribution in [0.2, 0.25) is 0 Å². The van der Waals surface area contributed by atoms with Crippen molar-refractivity contribution in [2.75, 3.05) is 68.7 Å². The second-order valence-corrected chi connectivity index (χ2v) is 35.3. The van der Waals surface area contributed by atoms with Crippen molar-refractivity contribution < 1.29 is 85.1 Å². The molecule has 0 aromatic heterocycles. The number of likely N-dealkylation sites (tertiary alicyclic amines) is 1. The van der Waals surface area contributed by atoms with Crippen LogP contribution in [0.3, 0.4) is 0 Å². The number of esters is 1. The molecule has 0 radical (unpaired) electrons. The number of allylic oxidation sites excluding steroid dienone is 2. The van der Waals surface area contributed by atoms with Gasteiger partial charge in [-0.05, 0) is 100 Å². The summed E-state index contributed by atoms with van der Waals surface area (Å²) < 4.78 is 34.4. The monoisotopic (exact) mass is 1650 g/mol. The third-order valence-corrected chi connectivity index (χ3v) is 21.7. The number of rotatable bonds is 25. The number of hydrogen-bond acceptors (Lipinski definition) is 18. The molecule has 0 aliphatic carbocycles. The Kier molecular flexibility index (Phi) is 39.3. The van der Waals surface area contributed by atoms with Crippen LogP contribution in [0.1, 0.15) is 162 Å². The van der Waals surface area contributed by atoms with Gasteiger partial charge in [0.25, 0.3) is 0 Å². The molecular formula is C81H134N16O18S. The smallest absolute Gasteiger partial charge is 0.329 e. The quantitative estimate of drug-likeness (QED) is 0.0512. The van der Waals surface area contributed by atoms with E-state index in [4.69, 9.17) is 10.5 Å². The van der Waals surface area contributed by atoms with Crippen LogP contribution < -0.4 is 42.4 Å². The minimum absolute atomic E-state index is 0.00356. The molecule has 2 heterocycles. The topological polar surface area (TPSA) is 436 Å². The van der Waals surface area contributed by atoms with E-state index in [2.05, 4.69) is 43.2 Å². The average Bonchev–Trinajstić information content (AvgIpc) is 1.24. The van der Waals surface area contributed by atoms with E-state index < -0.39 is 227 Å². The van der Waals surface area contributed by atoms with Crippen LogP contribution in [0, 0.1) is 41.4 Å². The maximum Gasteiger partial charge on any atom is 0.329 e. The van der Waals surface area contributed by atoms with Crippen molar-refractivity contribution in [2.45, 2.75) is 253 Å². The van der Waals surface area contributed by atoms with Crippen LogP contribution in [-0.2, 0) is 88.3 Å². The fourth-order valence-electron chi connectivity index (χ4n) is 14.4. The number of benzene rings is 1. The van der Waals surface area contributed by atoms with Crippen LogP contribution in [0.15, 0.2) is 55.1 Å². The molecule has 2 saturated heterocycles. The second-order valence-electron chi connectivity index (χ2n) is 33.5. The molecular weight excluding hydrogens is 1520 g/mol. The number of nitrogens with one attached hydrogen (secondary N) is 7. The number of nitrogens with zero attached hydrogens (tertiary/aromatic N) is 8. The zero-order valence-electron chi connectivity index (χ0n) is 72.8. The number of sulfonamides is 1. The summed E-state index contributed by atoms with van der Waals surface area (Å²) in [7, 11) is 5.32. The van der Waals surface area contributed by atoms with E-state index in [1.165, 1.54) is 110 Å². The lowest BCUT2D eigenvalue weighted by molar-refractivity contribution is -0.169. The summed E-state index contributed by atoms with van der Waals surface area (Å²) in [5.41, 5.74) is 6.06. The van der Waals surface area contributed by atoms with Gasteiger partial charge in [0.15, 0.2) is 0 Å². The van der Waals surface area contributed by atoms with Gasteiger partial charge >= 0.3 is 12.0 Å². The van der Waals surface area contributed by atoms with E-state index in [-0.39, 0.29) is 62.2 Å². The first kappa shape index (κ1) is 101. The summed E-state index contributed by atoms with van der Waals surface area (Å²) in [6, 6.07) is -12.4. The number of ether oxygens (including phenoxy) is 1. The Labute approximate surface area is 686 Å². The first-order chi connectivity index (χ1) is 53.7. The highest BCUT2D eigenvalue weighted by Gasteiger charge is 2.50. The predicted octanol–water partition coefficient (Wildman–Crippen LogP) is 1.90. The van der Waals surface area contributed by atoms with Crippen molar-refractivity contribution in [1.29, 1.82) is 0 Å². The van der Waals surface area contributed by atoms with Gasteiger partial charge in [0.1, 0.15) is 84.6 Å². The van der Waals surface area contributed by atoms with Crippen LogP contribution >= 0.6 is 0 Å². The molecule has 2 aliphatic rings. The van der Waals surface area contributed by atoms with Gasteiger partial charge in [-0.2, -0.15) is 0 Å². The lowest BCUT2D eigenvalue weighted by atomic mass is 9.92. The van der Waals surface area contributed by atoms with Gasteiger partial charge in [0.05, 0.1) is 12.8 Å². The molecule has 9 N–H and O–H groups in total. The van der Waals surface area contributed by atoms with E-state index in [0.29, 0.717) is 5.56 Å². The Balaban J connectivity index is 2.51. The maximum absolute atomic E-state index is 16.1. The van der Waals surface area contributed by atoms with Gasteiger partial charge in [-0.1, -0.05) is 152 Å². The summed E-state index contributed by atoms with van der Waals surface area (Å²) in [5.74, 6) is -15.3. The van der Waals surface area contributed by atoms with Crippen molar-refractivity contribution in [3.63, 3.8) is 0 Å². The number of primary amides is 1. The number of nitrogens with two attached hydrogens (primary N) is 1. The molecule has 35 heteroatoms. The van der Waals surface area contributed by atoms with E-state index in [9.17, 15) is 51.6 Å². The Morgan fingerprint density at radius 3 is 1.56 bits per heavy atom. The van der Waals surface area contributed by atoms with Gasteiger partial charge in [0.2, 0.25) is 86.8 Å². The zero-order chi connectivity index (χ0) is 88.7. The van der Waals surface area contributed by atoms with Gasteiger partial charge in [-0.3, -0.25) is 62.3 Å². The van der Waals surface area contributed by atoms with Crippen molar-refractivity contribution in [3.8, 4) is 0 Å². The third kappa shape index (κ3) is 28.7. The molecule has 1 aromatic carbocycles. The van der Waals surface area contributed by atoms with Crippen LogP contribution in [0.5, 0.6) is 0 Å². The fourth-order valence-corrected chi connectivity index (χ4v) is 15.1. The van der Waals surface area contributed by atoms with Gasteiger partial charge < -0.3 is 81.6 Å². The molecule has 1 unspecified atom stereocenters. The Hall–Kier alpha value is -9.54. The largest absolute Gasteiger partial charge is 0.457 e. The normalized spacial score (nSPS) is 25.3. The van der Waals surface area contributed by atoms with Crippen LogP contribution in [0.4, 0.5) is 4.79 Å². The molecule has 16 atom stereocenters. The molecule has 2 fully saturated rings. The number of hydrogen-bond donors (Lipinski definition) is 8. The molecule has 0 saturated carbocycles. The minimum atomic E-state index is -4.04. The summed E-state index contributed by atoms with van der Waals surface area (Å²) in [6.07, 6.45) is 2.83. The molecule has 3 rings (SSSR count). The number of carbonyl (C=O) groups excluding carboxylic acids is 15. The fraction of sp³-hybridized carbons (Fsp3) is 0.691. The summed E-state index contributed by atoms with van der Waals surface area (Å²) in [6.45, 7) is 31.0. The summed E-state index contributed by atoms with van der Waals surface area (Å²) in [5, 5.41) is 16.0. The highest BCUT2D eigenvalue weighted by molar-refractivity contribution is 7.88. The lowest BCUT2D eigenvalue weighted by Crippen LogP contribution is -2.64.